The second-order valence-corrected chi connectivity index (χ2v) is 6.86. The summed E-state index contributed by atoms with van der Waals surface area (Å²) in [6, 6.07) is 18.8. The van der Waals surface area contributed by atoms with Crippen molar-refractivity contribution in [1.82, 2.24) is 10.2 Å². The zero-order valence-electron chi connectivity index (χ0n) is 15.5. The molecule has 0 radical (unpaired) electrons. The Hall–Kier alpha value is -3.97. The van der Waals surface area contributed by atoms with E-state index in [9.17, 15) is 14.9 Å². The summed E-state index contributed by atoms with van der Waals surface area (Å²) in [6.07, 6.45) is 3.72. The van der Waals surface area contributed by atoms with Crippen LogP contribution in [0.15, 0.2) is 66.7 Å². The Morgan fingerprint density at radius 2 is 1.83 bits per heavy atom. The van der Waals surface area contributed by atoms with Gasteiger partial charge in [0.25, 0.3) is 11.6 Å². The van der Waals surface area contributed by atoms with Gasteiger partial charge in [-0.1, -0.05) is 54.1 Å². The molecule has 4 rings (SSSR count). The topological polar surface area (TPSA) is 101 Å². The third kappa shape index (κ3) is 3.92. The van der Waals surface area contributed by atoms with Crippen molar-refractivity contribution in [2.75, 3.05) is 5.32 Å². The molecule has 0 saturated heterocycles. The van der Waals surface area contributed by atoms with Crippen molar-refractivity contribution in [1.29, 1.82) is 0 Å². The summed E-state index contributed by atoms with van der Waals surface area (Å²) < 4.78 is 0. The van der Waals surface area contributed by atoms with E-state index in [0.717, 1.165) is 28.2 Å². The van der Waals surface area contributed by atoms with Gasteiger partial charge in [0.05, 0.1) is 26.7 Å². The number of nitrogens with one attached hydrogen (secondary N) is 2. The van der Waals surface area contributed by atoms with E-state index >= 15 is 0 Å². The minimum Gasteiger partial charge on any atom is -0.321 e. The molecule has 3 aromatic carbocycles. The first kappa shape index (κ1) is 19.4. The highest BCUT2D eigenvalue weighted by Crippen LogP contribution is 2.25. The maximum atomic E-state index is 12.7. The quantitative estimate of drug-likeness (QED) is 0.328. The number of halogens is 1. The van der Waals surface area contributed by atoms with Crippen molar-refractivity contribution >= 4 is 51.9 Å². The van der Waals surface area contributed by atoms with E-state index in [1.165, 1.54) is 12.1 Å². The number of carbonyl (C=O) groups excluding carboxylic acids is 1. The first-order valence-corrected chi connectivity index (χ1v) is 9.36. The van der Waals surface area contributed by atoms with Crippen LogP contribution < -0.4 is 5.32 Å². The number of carbonyl (C=O) groups is 1. The molecule has 1 aromatic heterocycles. The number of aromatic nitrogens is 2. The van der Waals surface area contributed by atoms with E-state index in [4.69, 9.17) is 11.6 Å². The Morgan fingerprint density at radius 3 is 2.63 bits per heavy atom. The smallest absolute Gasteiger partial charge is 0.270 e. The first-order chi connectivity index (χ1) is 14.5. The lowest BCUT2D eigenvalue weighted by Gasteiger charge is -2.09. The highest BCUT2D eigenvalue weighted by molar-refractivity contribution is 6.34. The normalized spacial score (nSPS) is 11.1. The highest BCUT2D eigenvalue weighted by atomic mass is 35.5. The van der Waals surface area contributed by atoms with Crippen molar-refractivity contribution in [2.45, 2.75) is 0 Å². The number of aromatic amines is 1. The molecule has 4 aromatic rings. The summed E-state index contributed by atoms with van der Waals surface area (Å²) in [7, 11) is 0. The SMILES string of the molecule is O=C(Nc1ccccc1C=Cc1n[nH]c2ccccc12)c1ccc([N+](=O)[O-])cc1Cl. The average Bonchev–Trinajstić information content (AvgIpc) is 3.16. The molecule has 0 fully saturated rings. The fourth-order valence-electron chi connectivity index (χ4n) is 3.03. The maximum Gasteiger partial charge on any atom is 0.270 e. The number of nitro benzene ring substituents is 1. The molecule has 0 atom stereocenters. The molecule has 7 nitrogen and oxygen atoms in total. The average molecular weight is 419 g/mol. The summed E-state index contributed by atoms with van der Waals surface area (Å²) in [5.74, 6) is -0.457. The van der Waals surface area contributed by atoms with Crippen LogP contribution in [-0.2, 0) is 0 Å². The number of H-pyrrole nitrogens is 1. The van der Waals surface area contributed by atoms with Crippen LogP contribution in [-0.4, -0.2) is 21.0 Å². The summed E-state index contributed by atoms with van der Waals surface area (Å²) >= 11 is 6.07. The van der Waals surface area contributed by atoms with Crippen LogP contribution in [0.2, 0.25) is 5.02 Å². The lowest BCUT2D eigenvalue weighted by Crippen LogP contribution is -2.13. The summed E-state index contributed by atoms with van der Waals surface area (Å²) in [6.45, 7) is 0. The summed E-state index contributed by atoms with van der Waals surface area (Å²) in [4.78, 5) is 23.0. The van der Waals surface area contributed by atoms with Crippen LogP contribution >= 0.6 is 11.6 Å². The fourth-order valence-corrected chi connectivity index (χ4v) is 3.29. The van der Waals surface area contributed by atoms with Crippen molar-refractivity contribution < 1.29 is 9.72 Å². The number of non-ortho nitro benzene ring substituents is 1. The van der Waals surface area contributed by atoms with Gasteiger partial charge in [-0.15, -0.1) is 0 Å². The van der Waals surface area contributed by atoms with Gasteiger partial charge in [0.2, 0.25) is 0 Å². The summed E-state index contributed by atoms with van der Waals surface area (Å²) in [5.41, 5.74) is 3.05. The molecule has 0 spiro atoms. The van der Waals surface area contributed by atoms with Gasteiger partial charge in [-0.3, -0.25) is 20.0 Å². The van der Waals surface area contributed by atoms with Gasteiger partial charge in [0.15, 0.2) is 0 Å². The minimum atomic E-state index is -0.563. The Kier molecular flexibility index (Phi) is 5.28. The molecule has 0 unspecified atom stereocenters. The van der Waals surface area contributed by atoms with Crippen LogP contribution in [0, 0.1) is 10.1 Å². The molecule has 1 amide bonds. The second-order valence-electron chi connectivity index (χ2n) is 6.45. The first-order valence-electron chi connectivity index (χ1n) is 8.98. The van der Waals surface area contributed by atoms with E-state index in [0.29, 0.717) is 5.69 Å². The van der Waals surface area contributed by atoms with Crippen molar-refractivity contribution in [2.24, 2.45) is 0 Å². The fraction of sp³-hybridized carbons (Fsp3) is 0. The molecule has 0 aliphatic rings. The minimum absolute atomic E-state index is 0.0118. The predicted molar refractivity (Wildman–Crippen MR) is 118 cm³/mol. The Morgan fingerprint density at radius 1 is 1.07 bits per heavy atom. The molecule has 0 aliphatic carbocycles. The molecule has 0 bridgehead atoms. The number of para-hydroxylation sites is 2. The maximum absolute atomic E-state index is 12.7. The molecule has 30 heavy (non-hydrogen) atoms. The van der Waals surface area contributed by atoms with E-state index in [2.05, 4.69) is 15.5 Å². The predicted octanol–water partition coefficient (Wildman–Crippen LogP) is 5.55. The molecule has 0 saturated carbocycles. The molecular weight excluding hydrogens is 404 g/mol. The number of nitrogens with zero attached hydrogens (tertiary/aromatic N) is 2. The Labute approximate surface area is 176 Å². The molecule has 148 valence electrons. The number of fused-ring (bicyclic) bond motifs is 1. The van der Waals surface area contributed by atoms with Crippen LogP contribution in [0.5, 0.6) is 0 Å². The van der Waals surface area contributed by atoms with Gasteiger partial charge in [0, 0.05) is 23.2 Å². The van der Waals surface area contributed by atoms with Crippen LogP contribution in [0.1, 0.15) is 21.6 Å². The van der Waals surface area contributed by atoms with Crippen LogP contribution in [0.4, 0.5) is 11.4 Å². The van der Waals surface area contributed by atoms with E-state index in [-0.39, 0.29) is 16.3 Å². The lowest BCUT2D eigenvalue weighted by molar-refractivity contribution is -0.384. The largest absolute Gasteiger partial charge is 0.321 e. The third-order valence-corrected chi connectivity index (χ3v) is 4.85. The number of amides is 1. The number of anilines is 1. The zero-order chi connectivity index (χ0) is 21.1. The van der Waals surface area contributed by atoms with Crippen LogP contribution in [0.25, 0.3) is 23.1 Å². The Balaban J connectivity index is 1.59. The second kappa shape index (κ2) is 8.18. The number of rotatable bonds is 5. The standard InChI is InChI=1S/C22H15ClN4O3/c23-18-13-15(27(29)30)10-11-16(18)22(28)24-19-7-3-1-5-14(19)9-12-21-17-6-2-4-8-20(17)25-26-21/h1-13H,(H,24,28)(H,25,26). The number of hydrogen-bond acceptors (Lipinski definition) is 4. The summed E-state index contributed by atoms with van der Waals surface area (Å²) in [5, 5.41) is 22.0. The van der Waals surface area contributed by atoms with Gasteiger partial charge in [0.1, 0.15) is 0 Å². The van der Waals surface area contributed by atoms with Crippen molar-refractivity contribution in [3.8, 4) is 0 Å². The monoisotopic (exact) mass is 418 g/mol. The van der Waals surface area contributed by atoms with Crippen molar-refractivity contribution in [3.63, 3.8) is 0 Å². The number of hydrogen-bond donors (Lipinski definition) is 2. The Bertz CT molecular complexity index is 1300. The van der Waals surface area contributed by atoms with E-state index in [1.807, 2.05) is 48.6 Å². The van der Waals surface area contributed by atoms with Gasteiger partial charge in [-0.05, 0) is 29.8 Å². The van der Waals surface area contributed by atoms with E-state index < -0.39 is 10.8 Å². The number of benzene rings is 3. The van der Waals surface area contributed by atoms with Gasteiger partial charge < -0.3 is 5.32 Å². The molecule has 2 N–H and O–H groups in total. The van der Waals surface area contributed by atoms with E-state index in [1.54, 1.807) is 12.1 Å². The molecule has 0 aliphatic heterocycles. The third-order valence-electron chi connectivity index (χ3n) is 4.54. The molecule has 8 heteroatoms. The highest BCUT2D eigenvalue weighted by Gasteiger charge is 2.16. The van der Waals surface area contributed by atoms with Gasteiger partial charge in [-0.2, -0.15) is 5.10 Å². The van der Waals surface area contributed by atoms with Gasteiger partial charge >= 0.3 is 0 Å². The molecule has 1 heterocycles. The number of nitro groups is 1. The van der Waals surface area contributed by atoms with Crippen LogP contribution in [0.3, 0.4) is 0 Å². The zero-order valence-corrected chi connectivity index (χ0v) is 16.3. The van der Waals surface area contributed by atoms with Gasteiger partial charge in [-0.25, -0.2) is 0 Å². The lowest BCUT2D eigenvalue weighted by atomic mass is 10.1. The molecular formula is C22H15ClN4O3. The van der Waals surface area contributed by atoms with Crippen molar-refractivity contribution in [3.05, 3.63) is 98.7 Å².